The number of nitrogens with zero attached hydrogens (tertiary/aromatic N) is 1. The molecule has 0 saturated carbocycles. The van der Waals surface area contributed by atoms with E-state index >= 15 is 0 Å². The highest BCUT2D eigenvalue weighted by Crippen LogP contribution is 2.12. The summed E-state index contributed by atoms with van der Waals surface area (Å²) in [6.07, 6.45) is 1.65. The Balaban J connectivity index is 3.31. The van der Waals surface area contributed by atoms with Crippen molar-refractivity contribution in [2.24, 2.45) is 4.36 Å². The van der Waals surface area contributed by atoms with Crippen LogP contribution in [0.4, 0.5) is 0 Å². The van der Waals surface area contributed by atoms with Crippen LogP contribution in [0.5, 0.6) is 0 Å². The molecule has 0 spiro atoms. The van der Waals surface area contributed by atoms with E-state index in [-0.39, 0.29) is 0 Å². The molecule has 2 nitrogen and oxygen atoms in total. The maximum absolute atomic E-state index is 11.7. The number of hydrogen-bond donors (Lipinski definition) is 0. The molecule has 0 radical (unpaired) electrons. The Morgan fingerprint density at radius 2 is 2.08 bits per heavy atom. The smallest absolute Gasteiger partial charge is 0.0720 e. The standard InChI is InChI=1S/C9H13NOS/c1-8-5-4-6-9(7-8)12(3,11)10-2/h4-7H,1-3H3/t12-/m1/s1. The van der Waals surface area contributed by atoms with Gasteiger partial charge in [0, 0.05) is 18.2 Å². The summed E-state index contributed by atoms with van der Waals surface area (Å²) in [5.41, 5.74) is 1.12. The van der Waals surface area contributed by atoms with Crippen molar-refractivity contribution in [1.82, 2.24) is 0 Å². The average molecular weight is 183 g/mol. The zero-order valence-electron chi connectivity index (χ0n) is 7.57. The highest BCUT2D eigenvalue weighted by molar-refractivity contribution is 7.93. The van der Waals surface area contributed by atoms with Gasteiger partial charge >= 0.3 is 0 Å². The van der Waals surface area contributed by atoms with Gasteiger partial charge in [0.05, 0.1) is 9.73 Å². The number of aryl methyl sites for hydroxylation is 1. The van der Waals surface area contributed by atoms with Crippen molar-refractivity contribution in [3.8, 4) is 0 Å². The second-order valence-corrected chi connectivity index (χ2v) is 5.24. The van der Waals surface area contributed by atoms with E-state index in [4.69, 9.17) is 0 Å². The summed E-state index contributed by atoms with van der Waals surface area (Å²) >= 11 is 0. The maximum atomic E-state index is 11.7. The van der Waals surface area contributed by atoms with Crippen molar-refractivity contribution in [2.45, 2.75) is 11.8 Å². The predicted molar refractivity (Wildman–Crippen MR) is 51.9 cm³/mol. The van der Waals surface area contributed by atoms with Gasteiger partial charge in [0.2, 0.25) is 0 Å². The Bertz CT molecular complexity index is 389. The molecule has 12 heavy (non-hydrogen) atoms. The van der Waals surface area contributed by atoms with Crippen molar-refractivity contribution in [3.63, 3.8) is 0 Å². The van der Waals surface area contributed by atoms with Crippen LogP contribution in [-0.2, 0) is 9.73 Å². The maximum Gasteiger partial charge on any atom is 0.0720 e. The Labute approximate surface area is 73.8 Å². The fourth-order valence-corrected chi connectivity index (χ4v) is 1.90. The predicted octanol–water partition coefficient (Wildman–Crippen LogP) is 2.08. The first-order valence-corrected chi connectivity index (χ1v) is 5.65. The molecule has 0 heterocycles. The zero-order chi connectivity index (χ0) is 9.19. The highest BCUT2D eigenvalue weighted by Gasteiger charge is 2.02. The van der Waals surface area contributed by atoms with Crippen LogP contribution in [-0.4, -0.2) is 17.5 Å². The van der Waals surface area contributed by atoms with Crippen molar-refractivity contribution >= 4 is 9.73 Å². The van der Waals surface area contributed by atoms with E-state index in [1.54, 1.807) is 13.3 Å². The lowest BCUT2D eigenvalue weighted by Crippen LogP contribution is -1.96. The van der Waals surface area contributed by atoms with Gasteiger partial charge in [0.1, 0.15) is 0 Å². The van der Waals surface area contributed by atoms with E-state index in [0.29, 0.717) is 0 Å². The molecule has 0 amide bonds. The van der Waals surface area contributed by atoms with Gasteiger partial charge in [-0.15, -0.1) is 0 Å². The van der Waals surface area contributed by atoms with Crippen LogP contribution in [0, 0.1) is 6.92 Å². The second-order valence-electron chi connectivity index (χ2n) is 2.80. The third-order valence-electron chi connectivity index (χ3n) is 1.78. The van der Waals surface area contributed by atoms with Crippen molar-refractivity contribution in [3.05, 3.63) is 29.8 Å². The minimum absolute atomic E-state index is 0.810. The van der Waals surface area contributed by atoms with E-state index in [9.17, 15) is 4.21 Å². The summed E-state index contributed by atoms with van der Waals surface area (Å²) in [6.45, 7) is 1.98. The zero-order valence-corrected chi connectivity index (χ0v) is 8.39. The van der Waals surface area contributed by atoms with E-state index in [1.165, 1.54) is 0 Å². The molecular weight excluding hydrogens is 170 g/mol. The van der Waals surface area contributed by atoms with E-state index in [2.05, 4.69) is 4.36 Å². The molecule has 1 rings (SSSR count). The van der Waals surface area contributed by atoms with Crippen LogP contribution >= 0.6 is 0 Å². The Kier molecular flexibility index (Phi) is 2.52. The van der Waals surface area contributed by atoms with E-state index in [1.807, 2.05) is 31.2 Å². The molecular formula is C9H13NOS. The number of hydrogen-bond acceptors (Lipinski definition) is 2. The molecule has 0 aliphatic rings. The topological polar surface area (TPSA) is 29.4 Å². The molecule has 0 aliphatic heterocycles. The van der Waals surface area contributed by atoms with Crippen LogP contribution in [0.1, 0.15) is 5.56 Å². The minimum Gasteiger partial charge on any atom is -0.245 e. The molecule has 1 atom stereocenters. The SMILES string of the molecule is CN=[S@](C)(=O)c1cccc(C)c1. The van der Waals surface area contributed by atoms with Crippen LogP contribution in [0.2, 0.25) is 0 Å². The average Bonchev–Trinajstić information content (AvgIpc) is 2.05. The molecule has 66 valence electrons. The summed E-state index contributed by atoms with van der Waals surface area (Å²) in [7, 11) is -0.558. The normalized spacial score (nSPS) is 15.2. The second kappa shape index (κ2) is 3.27. The number of rotatable bonds is 1. The third kappa shape index (κ3) is 1.85. The van der Waals surface area contributed by atoms with Gasteiger partial charge < -0.3 is 0 Å². The van der Waals surface area contributed by atoms with E-state index < -0.39 is 9.73 Å². The monoisotopic (exact) mass is 183 g/mol. The number of benzene rings is 1. The Hall–Kier alpha value is -0.830. The van der Waals surface area contributed by atoms with Gasteiger partial charge in [-0.05, 0) is 24.6 Å². The van der Waals surface area contributed by atoms with Crippen LogP contribution in [0.3, 0.4) is 0 Å². The van der Waals surface area contributed by atoms with Gasteiger partial charge in [-0.2, -0.15) is 0 Å². The van der Waals surface area contributed by atoms with Gasteiger partial charge in [0.15, 0.2) is 0 Å². The fourth-order valence-electron chi connectivity index (χ4n) is 0.956. The van der Waals surface area contributed by atoms with Crippen molar-refractivity contribution < 1.29 is 4.21 Å². The molecule has 0 N–H and O–H groups in total. The lowest BCUT2D eigenvalue weighted by molar-refractivity contribution is 0.680. The molecule has 0 aliphatic carbocycles. The van der Waals surface area contributed by atoms with Crippen molar-refractivity contribution in [1.29, 1.82) is 0 Å². The summed E-state index contributed by atoms with van der Waals surface area (Å²) < 4.78 is 15.6. The lowest BCUT2D eigenvalue weighted by Gasteiger charge is -2.02. The molecule has 1 aromatic carbocycles. The van der Waals surface area contributed by atoms with Gasteiger partial charge in [0.25, 0.3) is 0 Å². The van der Waals surface area contributed by atoms with Crippen LogP contribution < -0.4 is 0 Å². The fraction of sp³-hybridized carbons (Fsp3) is 0.333. The largest absolute Gasteiger partial charge is 0.245 e. The Morgan fingerprint density at radius 1 is 1.42 bits per heavy atom. The summed E-state index contributed by atoms with van der Waals surface area (Å²) in [5.74, 6) is 0. The first-order valence-electron chi connectivity index (χ1n) is 3.73. The molecule has 0 bridgehead atoms. The van der Waals surface area contributed by atoms with Crippen LogP contribution in [0.25, 0.3) is 0 Å². The first kappa shape index (κ1) is 9.26. The van der Waals surface area contributed by atoms with Crippen molar-refractivity contribution in [2.75, 3.05) is 13.3 Å². The molecule has 0 saturated heterocycles. The van der Waals surface area contributed by atoms with Gasteiger partial charge in [-0.25, -0.2) is 8.57 Å². The molecule has 0 fully saturated rings. The van der Waals surface area contributed by atoms with E-state index in [0.717, 1.165) is 10.5 Å². The molecule has 1 aromatic rings. The quantitative estimate of drug-likeness (QED) is 0.655. The Morgan fingerprint density at radius 3 is 2.58 bits per heavy atom. The summed E-state index contributed by atoms with van der Waals surface area (Å²) in [5, 5.41) is 0. The van der Waals surface area contributed by atoms with Gasteiger partial charge in [-0.1, -0.05) is 12.1 Å². The van der Waals surface area contributed by atoms with Gasteiger partial charge in [-0.3, -0.25) is 0 Å². The summed E-state index contributed by atoms with van der Waals surface area (Å²) in [6, 6.07) is 7.64. The highest BCUT2D eigenvalue weighted by atomic mass is 32.2. The third-order valence-corrected chi connectivity index (χ3v) is 3.60. The molecule has 0 unspecified atom stereocenters. The lowest BCUT2D eigenvalue weighted by atomic mass is 10.2. The molecule has 0 aromatic heterocycles. The van der Waals surface area contributed by atoms with Crippen LogP contribution in [0.15, 0.2) is 33.5 Å². The first-order chi connectivity index (χ1) is 5.56. The minimum atomic E-state index is -2.15. The molecule has 3 heteroatoms. The summed E-state index contributed by atoms with van der Waals surface area (Å²) in [4.78, 5) is 0.810.